The first-order chi connectivity index (χ1) is 14.3. The Bertz CT molecular complexity index is 1010. The highest BCUT2D eigenvalue weighted by molar-refractivity contribution is 6.00. The Morgan fingerprint density at radius 3 is 2.27 bits per heavy atom. The molecule has 1 N–H and O–H groups in total. The standard InChI is InChI=1S/C23H26N4O3/c1-16(2)25-11-13-26(14-12-25)21-10-9-18(15-22(21)27(29)30)17(3)19-7-5-6-8-20(19)23(28)24-4/h5-10,15H,1,3,11-14H2,2,4H3,(H,24,28). The fourth-order valence-electron chi connectivity index (χ4n) is 3.69. The number of allylic oxidation sites excluding steroid dienone is 1. The van der Waals surface area contributed by atoms with Gasteiger partial charge in [0.2, 0.25) is 0 Å². The van der Waals surface area contributed by atoms with Crippen LogP contribution in [0.1, 0.15) is 28.4 Å². The highest BCUT2D eigenvalue weighted by atomic mass is 16.6. The summed E-state index contributed by atoms with van der Waals surface area (Å²) in [6.45, 7) is 13.0. The molecule has 1 aliphatic heterocycles. The van der Waals surface area contributed by atoms with Gasteiger partial charge in [0.05, 0.1) is 4.92 Å². The molecule has 30 heavy (non-hydrogen) atoms. The molecule has 7 heteroatoms. The molecule has 1 fully saturated rings. The van der Waals surface area contributed by atoms with Crippen molar-refractivity contribution >= 4 is 22.9 Å². The minimum atomic E-state index is -0.359. The van der Waals surface area contributed by atoms with Gasteiger partial charge in [-0.15, -0.1) is 0 Å². The van der Waals surface area contributed by atoms with E-state index in [2.05, 4.69) is 23.4 Å². The van der Waals surface area contributed by atoms with E-state index in [1.807, 2.05) is 24.0 Å². The second-order valence-corrected chi connectivity index (χ2v) is 7.27. The average Bonchev–Trinajstić information content (AvgIpc) is 2.77. The Morgan fingerprint density at radius 1 is 1.07 bits per heavy atom. The maximum absolute atomic E-state index is 12.2. The minimum Gasteiger partial charge on any atom is -0.372 e. The number of nitrogens with one attached hydrogen (secondary N) is 1. The molecule has 1 aliphatic rings. The predicted molar refractivity (Wildman–Crippen MR) is 120 cm³/mol. The Hall–Kier alpha value is -3.61. The van der Waals surface area contributed by atoms with Crippen molar-refractivity contribution in [1.29, 1.82) is 0 Å². The fourth-order valence-corrected chi connectivity index (χ4v) is 3.69. The first kappa shape index (κ1) is 21.1. The molecule has 3 rings (SSSR count). The molecule has 1 amide bonds. The number of benzene rings is 2. The van der Waals surface area contributed by atoms with E-state index in [9.17, 15) is 14.9 Å². The van der Waals surface area contributed by atoms with Gasteiger partial charge in [-0.25, -0.2) is 0 Å². The number of anilines is 1. The van der Waals surface area contributed by atoms with Crippen LogP contribution >= 0.6 is 0 Å². The van der Waals surface area contributed by atoms with Gasteiger partial charge in [-0.1, -0.05) is 37.4 Å². The summed E-state index contributed by atoms with van der Waals surface area (Å²) in [7, 11) is 1.56. The molecule has 0 bridgehead atoms. The van der Waals surface area contributed by atoms with Crippen LogP contribution in [0.3, 0.4) is 0 Å². The van der Waals surface area contributed by atoms with Gasteiger partial charge in [0.15, 0.2) is 0 Å². The van der Waals surface area contributed by atoms with Crippen LogP contribution in [0.25, 0.3) is 5.57 Å². The number of rotatable bonds is 6. The van der Waals surface area contributed by atoms with Crippen molar-refractivity contribution in [2.24, 2.45) is 0 Å². The molecule has 2 aromatic rings. The van der Waals surface area contributed by atoms with Crippen molar-refractivity contribution in [2.45, 2.75) is 6.92 Å². The summed E-state index contributed by atoms with van der Waals surface area (Å²) in [4.78, 5) is 27.9. The molecule has 0 atom stereocenters. The van der Waals surface area contributed by atoms with Gasteiger partial charge in [0.25, 0.3) is 11.6 Å². The largest absolute Gasteiger partial charge is 0.372 e. The molecule has 0 saturated carbocycles. The smallest absolute Gasteiger partial charge is 0.293 e. The highest BCUT2D eigenvalue weighted by Crippen LogP contribution is 2.34. The van der Waals surface area contributed by atoms with Crippen molar-refractivity contribution in [2.75, 3.05) is 38.1 Å². The van der Waals surface area contributed by atoms with Gasteiger partial charge >= 0.3 is 0 Å². The third-order valence-corrected chi connectivity index (χ3v) is 5.40. The van der Waals surface area contributed by atoms with Crippen molar-refractivity contribution in [3.05, 3.63) is 88.1 Å². The van der Waals surface area contributed by atoms with Crippen LogP contribution in [0.4, 0.5) is 11.4 Å². The quantitative estimate of drug-likeness (QED) is 0.585. The van der Waals surface area contributed by atoms with Crippen molar-refractivity contribution in [1.82, 2.24) is 10.2 Å². The summed E-state index contributed by atoms with van der Waals surface area (Å²) in [5.41, 5.74) is 3.94. The molecular formula is C23H26N4O3. The van der Waals surface area contributed by atoms with E-state index < -0.39 is 0 Å². The molecule has 0 aromatic heterocycles. The molecule has 2 aromatic carbocycles. The van der Waals surface area contributed by atoms with Gasteiger partial charge < -0.3 is 15.1 Å². The maximum Gasteiger partial charge on any atom is 0.293 e. The van der Waals surface area contributed by atoms with Crippen LogP contribution < -0.4 is 10.2 Å². The highest BCUT2D eigenvalue weighted by Gasteiger charge is 2.25. The molecule has 0 unspecified atom stereocenters. The minimum absolute atomic E-state index is 0.0369. The Labute approximate surface area is 176 Å². The lowest BCUT2D eigenvalue weighted by Gasteiger charge is -2.37. The van der Waals surface area contributed by atoms with Crippen LogP contribution in [-0.4, -0.2) is 49.0 Å². The van der Waals surface area contributed by atoms with E-state index in [0.717, 1.165) is 18.8 Å². The lowest BCUT2D eigenvalue weighted by Crippen LogP contribution is -2.45. The lowest BCUT2D eigenvalue weighted by atomic mass is 9.94. The number of carbonyl (C=O) groups excluding carboxylic acids is 1. The molecule has 0 radical (unpaired) electrons. The van der Waals surface area contributed by atoms with E-state index in [1.165, 1.54) is 0 Å². The van der Waals surface area contributed by atoms with Gasteiger partial charge in [-0.2, -0.15) is 0 Å². The van der Waals surface area contributed by atoms with Crippen molar-refractivity contribution in [3.8, 4) is 0 Å². The zero-order chi connectivity index (χ0) is 21.8. The zero-order valence-electron chi connectivity index (χ0n) is 17.4. The number of hydrogen-bond acceptors (Lipinski definition) is 5. The monoisotopic (exact) mass is 406 g/mol. The average molecular weight is 406 g/mol. The number of carbonyl (C=O) groups is 1. The number of amides is 1. The SMILES string of the molecule is C=C(c1ccc(N2CCN(C(=C)C)CC2)c([N+](=O)[O-])c1)c1ccccc1C(=O)NC. The second-order valence-electron chi connectivity index (χ2n) is 7.27. The number of piperazine rings is 1. The van der Waals surface area contributed by atoms with Crippen molar-refractivity contribution in [3.63, 3.8) is 0 Å². The lowest BCUT2D eigenvalue weighted by molar-refractivity contribution is -0.384. The van der Waals surface area contributed by atoms with Crippen molar-refractivity contribution < 1.29 is 9.72 Å². The molecule has 1 heterocycles. The molecule has 0 spiro atoms. The van der Waals surface area contributed by atoms with Crippen LogP contribution in [0.5, 0.6) is 0 Å². The normalized spacial score (nSPS) is 13.7. The summed E-state index contributed by atoms with van der Waals surface area (Å²) in [5.74, 6) is -0.228. The van der Waals surface area contributed by atoms with Gasteiger partial charge in [0, 0.05) is 50.6 Å². The van der Waals surface area contributed by atoms with Crippen LogP contribution in [0.2, 0.25) is 0 Å². The number of nitrogens with zero attached hydrogens (tertiary/aromatic N) is 3. The van der Waals surface area contributed by atoms with Crippen LogP contribution in [0.15, 0.2) is 61.3 Å². The Kier molecular flexibility index (Phi) is 6.20. The van der Waals surface area contributed by atoms with E-state index in [4.69, 9.17) is 0 Å². The summed E-state index contributed by atoms with van der Waals surface area (Å²) < 4.78 is 0. The van der Waals surface area contributed by atoms with E-state index in [1.54, 1.807) is 37.4 Å². The molecular weight excluding hydrogens is 380 g/mol. The van der Waals surface area contributed by atoms with Crippen LogP contribution in [-0.2, 0) is 0 Å². The number of hydrogen-bond donors (Lipinski definition) is 1. The summed E-state index contributed by atoms with van der Waals surface area (Å²) in [6, 6.07) is 12.2. The molecule has 7 nitrogen and oxygen atoms in total. The maximum atomic E-state index is 12.2. The van der Waals surface area contributed by atoms with Gasteiger partial charge in [-0.3, -0.25) is 14.9 Å². The summed E-state index contributed by atoms with van der Waals surface area (Å²) in [5, 5.41) is 14.4. The third-order valence-electron chi connectivity index (χ3n) is 5.40. The van der Waals surface area contributed by atoms with Crippen LogP contribution in [0, 0.1) is 10.1 Å². The molecule has 156 valence electrons. The Balaban J connectivity index is 1.93. The predicted octanol–water partition coefficient (Wildman–Crippen LogP) is 3.67. The zero-order valence-corrected chi connectivity index (χ0v) is 17.4. The topological polar surface area (TPSA) is 78.7 Å². The third kappa shape index (κ3) is 4.20. The first-order valence-corrected chi connectivity index (χ1v) is 9.78. The molecule has 1 saturated heterocycles. The van der Waals surface area contributed by atoms with E-state index in [0.29, 0.717) is 41.0 Å². The number of nitro groups is 1. The van der Waals surface area contributed by atoms with Gasteiger partial charge in [0.1, 0.15) is 5.69 Å². The Morgan fingerprint density at radius 2 is 1.70 bits per heavy atom. The van der Waals surface area contributed by atoms with Gasteiger partial charge in [-0.05, 0) is 35.8 Å². The summed E-state index contributed by atoms with van der Waals surface area (Å²) >= 11 is 0. The molecule has 0 aliphatic carbocycles. The fraction of sp³-hybridized carbons (Fsp3) is 0.261. The first-order valence-electron chi connectivity index (χ1n) is 9.78. The second kappa shape index (κ2) is 8.82. The van der Waals surface area contributed by atoms with E-state index in [-0.39, 0.29) is 16.5 Å². The number of nitro benzene ring substituents is 1. The van der Waals surface area contributed by atoms with E-state index >= 15 is 0 Å². The summed E-state index contributed by atoms with van der Waals surface area (Å²) in [6.07, 6.45) is 0.